The van der Waals surface area contributed by atoms with Crippen LogP contribution in [0.2, 0.25) is 0 Å². The number of anilines is 1. The first-order valence-corrected chi connectivity index (χ1v) is 7.54. The summed E-state index contributed by atoms with van der Waals surface area (Å²) in [4.78, 5) is 14.0. The van der Waals surface area contributed by atoms with E-state index in [1.165, 1.54) is 6.21 Å². The number of hydrogen-bond donors (Lipinski definition) is 2. The van der Waals surface area contributed by atoms with Gasteiger partial charge in [-0.3, -0.25) is 4.79 Å². The zero-order chi connectivity index (χ0) is 17.4. The zero-order valence-electron chi connectivity index (χ0n) is 13.8. The number of hydrazone groups is 1. The topological polar surface area (TPSA) is 74.2 Å². The minimum atomic E-state index is -0.274. The minimum Gasteiger partial charge on any atom is -0.491 e. The van der Waals surface area contributed by atoms with Crippen molar-refractivity contribution >= 4 is 17.8 Å². The molecule has 2 rings (SSSR count). The molecule has 0 unspecified atom stereocenters. The number of rotatable bonds is 7. The third-order valence-corrected chi connectivity index (χ3v) is 3.24. The molecule has 0 heterocycles. The molecule has 0 atom stereocenters. The molecule has 0 aromatic heterocycles. The molecule has 0 radical (unpaired) electrons. The molecule has 0 bridgehead atoms. The maximum atomic E-state index is 12.0. The normalized spacial score (nSPS) is 10.6. The molecule has 6 heteroatoms. The molecular weight excluding hydrogens is 306 g/mol. The number of aliphatic hydroxyl groups excluding tert-OH is 1. The lowest BCUT2D eigenvalue weighted by molar-refractivity contribution is 0.0955. The Morgan fingerprint density at radius 2 is 2.00 bits per heavy atom. The van der Waals surface area contributed by atoms with Crippen LogP contribution in [0.3, 0.4) is 0 Å². The van der Waals surface area contributed by atoms with Crippen molar-refractivity contribution in [2.75, 3.05) is 32.2 Å². The van der Waals surface area contributed by atoms with Crippen LogP contribution in [0.5, 0.6) is 5.75 Å². The summed E-state index contributed by atoms with van der Waals surface area (Å²) in [5.41, 5.74) is 4.84. The van der Waals surface area contributed by atoms with Gasteiger partial charge in [0.15, 0.2) is 0 Å². The van der Waals surface area contributed by atoms with E-state index in [1.807, 2.05) is 43.3 Å². The summed E-state index contributed by atoms with van der Waals surface area (Å²) < 4.78 is 5.32. The van der Waals surface area contributed by atoms with Gasteiger partial charge in [-0.2, -0.15) is 5.10 Å². The number of benzene rings is 2. The molecule has 24 heavy (non-hydrogen) atoms. The van der Waals surface area contributed by atoms with Crippen LogP contribution in [0.15, 0.2) is 53.6 Å². The summed E-state index contributed by atoms with van der Waals surface area (Å²) in [6.07, 6.45) is 1.54. The Labute approximate surface area is 141 Å². The number of amides is 1. The van der Waals surface area contributed by atoms with E-state index in [-0.39, 0.29) is 19.1 Å². The smallest absolute Gasteiger partial charge is 0.271 e. The lowest BCUT2D eigenvalue weighted by atomic mass is 10.2. The number of carbonyl (C=O) groups is 1. The second kappa shape index (κ2) is 8.69. The van der Waals surface area contributed by atoms with Crippen LogP contribution in [0.1, 0.15) is 15.9 Å². The van der Waals surface area contributed by atoms with Crippen molar-refractivity contribution < 1.29 is 14.6 Å². The van der Waals surface area contributed by atoms with Gasteiger partial charge in [-0.15, -0.1) is 0 Å². The SMILES string of the molecule is CN(C)c1ccc(C(=O)N/N=C/c2cccc(OCCO)c2)cc1. The molecule has 2 aromatic rings. The number of carbonyl (C=O) groups excluding carboxylic acids is 1. The first kappa shape index (κ1) is 17.5. The molecule has 0 saturated carbocycles. The van der Waals surface area contributed by atoms with Gasteiger partial charge in [-0.05, 0) is 42.0 Å². The summed E-state index contributed by atoms with van der Waals surface area (Å²) in [5, 5.41) is 12.7. The largest absolute Gasteiger partial charge is 0.491 e. The highest BCUT2D eigenvalue weighted by atomic mass is 16.5. The Balaban J connectivity index is 1.94. The van der Waals surface area contributed by atoms with Gasteiger partial charge in [0.2, 0.25) is 0 Å². The molecule has 126 valence electrons. The highest BCUT2D eigenvalue weighted by Crippen LogP contribution is 2.13. The highest BCUT2D eigenvalue weighted by Gasteiger charge is 2.04. The van der Waals surface area contributed by atoms with Crippen molar-refractivity contribution in [2.24, 2.45) is 5.10 Å². The molecule has 0 fully saturated rings. The number of hydrogen-bond acceptors (Lipinski definition) is 5. The summed E-state index contributed by atoms with van der Waals surface area (Å²) in [5.74, 6) is 0.364. The fraction of sp³-hybridized carbons (Fsp3) is 0.222. The van der Waals surface area contributed by atoms with Crippen LogP contribution < -0.4 is 15.1 Å². The van der Waals surface area contributed by atoms with Gasteiger partial charge in [0.1, 0.15) is 12.4 Å². The van der Waals surface area contributed by atoms with Crippen molar-refractivity contribution in [1.82, 2.24) is 5.43 Å². The van der Waals surface area contributed by atoms with E-state index in [9.17, 15) is 4.79 Å². The quantitative estimate of drug-likeness (QED) is 0.601. The van der Waals surface area contributed by atoms with Gasteiger partial charge < -0.3 is 14.7 Å². The third-order valence-electron chi connectivity index (χ3n) is 3.24. The minimum absolute atomic E-state index is 0.0407. The first-order chi connectivity index (χ1) is 11.6. The van der Waals surface area contributed by atoms with Gasteiger partial charge in [0, 0.05) is 25.3 Å². The highest BCUT2D eigenvalue weighted by molar-refractivity contribution is 5.95. The van der Waals surface area contributed by atoms with Crippen LogP contribution in [0.25, 0.3) is 0 Å². The van der Waals surface area contributed by atoms with Crippen LogP contribution in [-0.2, 0) is 0 Å². The van der Waals surface area contributed by atoms with Gasteiger partial charge in [0.25, 0.3) is 5.91 Å². The summed E-state index contributed by atoms with van der Waals surface area (Å²) in [7, 11) is 3.88. The van der Waals surface area contributed by atoms with E-state index in [0.717, 1.165) is 11.3 Å². The summed E-state index contributed by atoms with van der Waals surface area (Å²) >= 11 is 0. The van der Waals surface area contributed by atoms with Crippen molar-refractivity contribution in [3.63, 3.8) is 0 Å². The fourth-order valence-corrected chi connectivity index (χ4v) is 1.99. The van der Waals surface area contributed by atoms with Gasteiger partial charge in [0.05, 0.1) is 12.8 Å². The maximum Gasteiger partial charge on any atom is 0.271 e. The second-order valence-corrected chi connectivity index (χ2v) is 5.28. The van der Waals surface area contributed by atoms with E-state index in [2.05, 4.69) is 10.5 Å². The van der Waals surface area contributed by atoms with Crippen LogP contribution in [0, 0.1) is 0 Å². The van der Waals surface area contributed by atoms with Gasteiger partial charge in [-0.1, -0.05) is 12.1 Å². The standard InChI is InChI=1S/C18H21N3O3/c1-21(2)16-8-6-15(7-9-16)18(23)20-19-13-14-4-3-5-17(12-14)24-11-10-22/h3-9,12-13,22H,10-11H2,1-2H3,(H,20,23)/b19-13+. The van der Waals surface area contributed by atoms with E-state index >= 15 is 0 Å². The molecule has 0 aliphatic carbocycles. The molecule has 0 spiro atoms. The fourth-order valence-electron chi connectivity index (χ4n) is 1.99. The lowest BCUT2D eigenvalue weighted by Crippen LogP contribution is -2.18. The van der Waals surface area contributed by atoms with Crippen LogP contribution in [0.4, 0.5) is 5.69 Å². The number of nitrogens with one attached hydrogen (secondary N) is 1. The molecule has 0 aliphatic rings. The second-order valence-electron chi connectivity index (χ2n) is 5.28. The Morgan fingerprint density at radius 3 is 2.67 bits per heavy atom. The van der Waals surface area contributed by atoms with Gasteiger partial charge in [-0.25, -0.2) is 5.43 Å². The first-order valence-electron chi connectivity index (χ1n) is 7.54. The van der Waals surface area contributed by atoms with E-state index < -0.39 is 0 Å². The predicted octanol–water partition coefficient (Wildman–Crippen LogP) is 1.89. The van der Waals surface area contributed by atoms with E-state index in [0.29, 0.717) is 11.3 Å². The number of ether oxygens (including phenoxy) is 1. The lowest BCUT2D eigenvalue weighted by Gasteiger charge is -2.12. The molecule has 0 aliphatic heterocycles. The molecule has 6 nitrogen and oxygen atoms in total. The van der Waals surface area contributed by atoms with Crippen molar-refractivity contribution in [3.8, 4) is 5.75 Å². The Hall–Kier alpha value is -2.86. The van der Waals surface area contributed by atoms with E-state index in [4.69, 9.17) is 9.84 Å². The van der Waals surface area contributed by atoms with Crippen molar-refractivity contribution in [2.45, 2.75) is 0 Å². The Kier molecular flexibility index (Phi) is 6.33. The number of aliphatic hydroxyl groups is 1. The monoisotopic (exact) mass is 327 g/mol. The maximum absolute atomic E-state index is 12.0. The van der Waals surface area contributed by atoms with Crippen LogP contribution >= 0.6 is 0 Å². The Bertz CT molecular complexity index is 697. The molecule has 2 N–H and O–H groups in total. The van der Waals surface area contributed by atoms with Crippen LogP contribution in [-0.4, -0.2) is 44.5 Å². The predicted molar refractivity (Wildman–Crippen MR) is 94.9 cm³/mol. The van der Waals surface area contributed by atoms with E-state index in [1.54, 1.807) is 24.3 Å². The molecule has 0 saturated heterocycles. The third kappa shape index (κ3) is 5.10. The van der Waals surface area contributed by atoms with Crippen molar-refractivity contribution in [3.05, 3.63) is 59.7 Å². The summed E-state index contributed by atoms with van der Waals surface area (Å²) in [6.45, 7) is 0.196. The number of nitrogens with zero attached hydrogens (tertiary/aromatic N) is 2. The summed E-state index contributed by atoms with van der Waals surface area (Å²) in [6, 6.07) is 14.5. The average molecular weight is 327 g/mol. The Morgan fingerprint density at radius 1 is 1.25 bits per heavy atom. The van der Waals surface area contributed by atoms with Crippen molar-refractivity contribution in [1.29, 1.82) is 0 Å². The van der Waals surface area contributed by atoms with Gasteiger partial charge >= 0.3 is 0 Å². The molecule has 1 amide bonds. The molecule has 2 aromatic carbocycles. The average Bonchev–Trinajstić information content (AvgIpc) is 2.60. The molecular formula is C18H21N3O3. The zero-order valence-corrected chi connectivity index (χ0v) is 13.8.